The van der Waals surface area contributed by atoms with E-state index in [1.165, 1.54) is 12.1 Å². The molecule has 0 aliphatic carbocycles. The molecule has 0 spiro atoms. The lowest BCUT2D eigenvalue weighted by atomic mass is 9.93. The Morgan fingerprint density at radius 2 is 1.86 bits per heavy atom. The number of nitrogens with zero attached hydrogens (tertiary/aromatic N) is 1. The van der Waals surface area contributed by atoms with Crippen LogP contribution in [0.1, 0.15) is 31.9 Å². The second-order valence-corrected chi connectivity index (χ2v) is 5.86. The summed E-state index contributed by atoms with van der Waals surface area (Å²) in [6.07, 6.45) is 0.871. The number of piperazine rings is 1. The number of nitrogens with one attached hydrogen (secondary N) is 1. The second kappa shape index (κ2) is 9.40. The first-order chi connectivity index (χ1) is 9.49. The van der Waals surface area contributed by atoms with Crippen molar-refractivity contribution in [3.63, 3.8) is 0 Å². The molecule has 1 heterocycles. The van der Waals surface area contributed by atoms with Gasteiger partial charge in [0, 0.05) is 43.9 Å². The molecule has 128 valence electrons. The van der Waals surface area contributed by atoms with E-state index < -0.39 is 0 Å². The van der Waals surface area contributed by atoms with E-state index >= 15 is 0 Å². The smallest absolute Gasteiger partial charge is 0.143 e. The van der Waals surface area contributed by atoms with Gasteiger partial charge < -0.3 is 16.2 Å². The Morgan fingerprint density at radius 3 is 2.41 bits per heavy atom. The first-order valence-electron chi connectivity index (χ1n) is 7.21. The predicted octanol–water partition coefficient (Wildman–Crippen LogP) is 2.95. The Morgan fingerprint density at radius 1 is 1.27 bits per heavy atom. The maximum atomic E-state index is 13.7. The molecule has 2 rings (SSSR count). The Labute approximate surface area is 144 Å². The third kappa shape index (κ3) is 5.16. The molecular weight excluding hydrogens is 328 g/mol. The van der Waals surface area contributed by atoms with Crippen molar-refractivity contribution in [2.45, 2.75) is 26.3 Å². The lowest BCUT2D eigenvalue weighted by Crippen LogP contribution is -2.45. The number of hydrogen-bond acceptors (Lipinski definition) is 4. The largest absolute Gasteiger partial charge is 0.505 e. The normalized spacial score (nSPS) is 16.7. The molecule has 0 saturated carbocycles. The van der Waals surface area contributed by atoms with Crippen molar-refractivity contribution < 1.29 is 9.50 Å². The molecule has 0 unspecified atom stereocenters. The van der Waals surface area contributed by atoms with E-state index in [1.54, 1.807) is 0 Å². The predicted molar refractivity (Wildman–Crippen MR) is 93.6 cm³/mol. The summed E-state index contributed by atoms with van der Waals surface area (Å²) >= 11 is 0. The monoisotopic (exact) mass is 353 g/mol. The summed E-state index contributed by atoms with van der Waals surface area (Å²) in [4.78, 5) is 2.30. The number of phenolic OH excluding ortho intramolecular Hbond substituents is 1. The van der Waals surface area contributed by atoms with E-state index in [1.807, 2.05) is 0 Å². The number of halogens is 3. The topological polar surface area (TPSA) is 61.5 Å². The van der Waals surface area contributed by atoms with E-state index in [0.717, 1.165) is 32.6 Å². The molecule has 0 radical (unpaired) electrons. The quantitative estimate of drug-likeness (QED) is 0.575. The second-order valence-electron chi connectivity index (χ2n) is 5.86. The van der Waals surface area contributed by atoms with E-state index in [9.17, 15) is 9.50 Å². The minimum Gasteiger partial charge on any atom is -0.505 e. The summed E-state index contributed by atoms with van der Waals surface area (Å²) in [6, 6.07) is 2.60. The van der Waals surface area contributed by atoms with Crippen LogP contribution in [0.2, 0.25) is 0 Å². The van der Waals surface area contributed by atoms with Crippen molar-refractivity contribution in [1.29, 1.82) is 0 Å². The van der Waals surface area contributed by atoms with Crippen molar-refractivity contribution in [1.82, 2.24) is 10.2 Å². The van der Waals surface area contributed by atoms with Crippen LogP contribution >= 0.6 is 24.8 Å². The van der Waals surface area contributed by atoms with Crippen molar-refractivity contribution in [2.24, 2.45) is 5.92 Å². The lowest BCUT2D eigenvalue weighted by Gasteiger charge is -2.36. The number of nitrogen functional groups attached to an aromatic ring is 1. The van der Waals surface area contributed by atoms with Crippen LogP contribution in [0.4, 0.5) is 10.1 Å². The third-order valence-corrected chi connectivity index (χ3v) is 3.78. The van der Waals surface area contributed by atoms with E-state index in [0.29, 0.717) is 11.5 Å². The Hall–Kier alpha value is -0.750. The molecule has 22 heavy (non-hydrogen) atoms. The van der Waals surface area contributed by atoms with Crippen LogP contribution in [0.15, 0.2) is 12.1 Å². The fraction of sp³-hybridized carbons (Fsp3) is 0.600. The summed E-state index contributed by atoms with van der Waals surface area (Å²) in [7, 11) is 0. The standard InChI is InChI=1S/C15H24FN3O.2ClH/c1-10(2)7-14(19-5-3-18-4-6-19)12-8-11(16)9-13(17)15(12)20;;/h8-10,14,18,20H,3-7,17H2,1-2H3;2*1H/t14-;;/m0../s1. The number of hydrogen-bond donors (Lipinski definition) is 3. The molecule has 0 amide bonds. The van der Waals surface area contributed by atoms with Gasteiger partial charge in [-0.25, -0.2) is 4.39 Å². The zero-order valence-electron chi connectivity index (χ0n) is 13.0. The zero-order chi connectivity index (χ0) is 14.7. The van der Waals surface area contributed by atoms with Crippen LogP contribution in [-0.2, 0) is 0 Å². The highest BCUT2D eigenvalue weighted by atomic mass is 35.5. The molecule has 0 aromatic heterocycles. The zero-order valence-corrected chi connectivity index (χ0v) is 14.6. The Balaban J connectivity index is 0.00000220. The van der Waals surface area contributed by atoms with Gasteiger partial charge in [0.25, 0.3) is 0 Å². The molecule has 1 atom stereocenters. The molecule has 1 aromatic carbocycles. The maximum absolute atomic E-state index is 13.7. The molecule has 0 bridgehead atoms. The van der Waals surface area contributed by atoms with Gasteiger partial charge >= 0.3 is 0 Å². The number of anilines is 1. The average molecular weight is 354 g/mol. The average Bonchev–Trinajstić information content (AvgIpc) is 2.41. The maximum Gasteiger partial charge on any atom is 0.143 e. The molecule has 4 nitrogen and oxygen atoms in total. The minimum absolute atomic E-state index is 0. The molecule has 1 fully saturated rings. The number of phenols is 1. The highest BCUT2D eigenvalue weighted by Crippen LogP contribution is 2.37. The fourth-order valence-electron chi connectivity index (χ4n) is 2.81. The molecule has 1 saturated heterocycles. The first kappa shape index (κ1) is 21.2. The third-order valence-electron chi connectivity index (χ3n) is 3.78. The number of nitrogens with two attached hydrogens (primary N) is 1. The summed E-state index contributed by atoms with van der Waals surface area (Å²) < 4.78 is 13.7. The lowest BCUT2D eigenvalue weighted by molar-refractivity contribution is 0.151. The molecule has 7 heteroatoms. The van der Waals surface area contributed by atoms with Crippen LogP contribution in [0.3, 0.4) is 0 Å². The molecule has 1 aromatic rings. The van der Waals surface area contributed by atoms with Crippen LogP contribution in [-0.4, -0.2) is 36.2 Å². The minimum atomic E-state index is -0.390. The van der Waals surface area contributed by atoms with E-state index in [-0.39, 0.29) is 48.1 Å². The van der Waals surface area contributed by atoms with Crippen molar-refractivity contribution in [2.75, 3.05) is 31.9 Å². The molecule has 4 N–H and O–H groups in total. The highest BCUT2D eigenvalue weighted by Gasteiger charge is 2.26. The SMILES string of the molecule is CC(C)C[C@@H](c1cc(F)cc(N)c1O)N1CCNCC1.Cl.Cl. The van der Waals surface area contributed by atoms with Gasteiger partial charge in [-0.2, -0.15) is 0 Å². The van der Waals surface area contributed by atoms with Crippen LogP contribution in [0.25, 0.3) is 0 Å². The van der Waals surface area contributed by atoms with Gasteiger partial charge in [-0.3, -0.25) is 4.90 Å². The first-order valence-corrected chi connectivity index (χ1v) is 7.21. The van der Waals surface area contributed by atoms with Crippen molar-refractivity contribution >= 4 is 30.5 Å². The van der Waals surface area contributed by atoms with Crippen LogP contribution in [0.5, 0.6) is 5.75 Å². The Kier molecular flexibility index (Phi) is 9.08. The molecule has 1 aliphatic heterocycles. The summed E-state index contributed by atoms with van der Waals surface area (Å²) in [5, 5.41) is 13.5. The van der Waals surface area contributed by atoms with Gasteiger partial charge in [-0.05, 0) is 18.4 Å². The van der Waals surface area contributed by atoms with Gasteiger partial charge in [0.1, 0.15) is 11.6 Å². The fourth-order valence-corrected chi connectivity index (χ4v) is 2.81. The Bertz CT molecular complexity index is 468. The number of benzene rings is 1. The van der Waals surface area contributed by atoms with E-state index in [4.69, 9.17) is 5.73 Å². The highest BCUT2D eigenvalue weighted by molar-refractivity contribution is 5.85. The summed E-state index contributed by atoms with van der Waals surface area (Å²) in [5.74, 6) is 0.0913. The van der Waals surface area contributed by atoms with Gasteiger partial charge in [-0.1, -0.05) is 13.8 Å². The number of rotatable bonds is 4. The van der Waals surface area contributed by atoms with Gasteiger partial charge in [-0.15, -0.1) is 24.8 Å². The van der Waals surface area contributed by atoms with Gasteiger partial charge in [0.05, 0.1) is 5.69 Å². The summed E-state index contributed by atoms with van der Waals surface area (Å²) in [5.41, 5.74) is 6.42. The van der Waals surface area contributed by atoms with Crippen molar-refractivity contribution in [3.05, 3.63) is 23.5 Å². The molecular formula is C15H26Cl2FN3O. The summed E-state index contributed by atoms with van der Waals surface area (Å²) in [6.45, 7) is 7.89. The van der Waals surface area contributed by atoms with Crippen molar-refractivity contribution in [3.8, 4) is 5.75 Å². The molecule has 1 aliphatic rings. The van der Waals surface area contributed by atoms with Crippen LogP contribution in [0, 0.1) is 11.7 Å². The number of aromatic hydroxyl groups is 1. The van der Waals surface area contributed by atoms with E-state index in [2.05, 4.69) is 24.1 Å². The van der Waals surface area contributed by atoms with Gasteiger partial charge in [0.15, 0.2) is 0 Å². The van der Waals surface area contributed by atoms with Gasteiger partial charge in [0.2, 0.25) is 0 Å². The van der Waals surface area contributed by atoms with Crippen LogP contribution < -0.4 is 11.1 Å².